The number of fused-ring (bicyclic) bond motifs is 3. The number of amidine groups is 2. The maximum atomic E-state index is 6.52. The predicted molar refractivity (Wildman–Crippen MR) is 154 cm³/mol. The average Bonchev–Trinajstić information content (AvgIpc) is 3.35. The van der Waals surface area contributed by atoms with Gasteiger partial charge < -0.3 is 10.2 Å². The van der Waals surface area contributed by atoms with E-state index in [0.717, 1.165) is 55.3 Å². The zero-order valence-corrected chi connectivity index (χ0v) is 20.4. The summed E-state index contributed by atoms with van der Waals surface area (Å²) in [6.45, 7) is 0. The largest absolute Gasteiger partial charge is 0.456 e. The second kappa shape index (κ2) is 9.59. The van der Waals surface area contributed by atoms with E-state index in [9.17, 15) is 0 Å². The first kappa shape index (κ1) is 22.5. The standard InChI is InChI=1S/C33H25N3O/c1-35-33(36-32(34)26-15-8-14-24(20-26)22-10-4-2-5-11-22)28-16-9-17-29-31(28)27-19-18-25(21-30(27)37-29)23-12-6-3-7-13-23/h2-21H,1H3,(H2,34,35,36). The molecule has 0 bridgehead atoms. The van der Waals surface area contributed by atoms with Crippen molar-refractivity contribution in [1.82, 2.24) is 0 Å². The minimum atomic E-state index is 0.412. The van der Waals surface area contributed by atoms with Gasteiger partial charge in [0.15, 0.2) is 5.84 Å². The van der Waals surface area contributed by atoms with Gasteiger partial charge in [-0.2, -0.15) is 0 Å². The summed E-state index contributed by atoms with van der Waals surface area (Å²) in [4.78, 5) is 9.29. The lowest BCUT2D eigenvalue weighted by Gasteiger charge is -2.08. The molecule has 0 aliphatic heterocycles. The number of nitrogens with zero attached hydrogens (tertiary/aromatic N) is 2. The molecule has 178 valence electrons. The van der Waals surface area contributed by atoms with E-state index in [1.54, 1.807) is 7.05 Å². The third-order valence-corrected chi connectivity index (χ3v) is 6.55. The second-order valence-electron chi connectivity index (χ2n) is 8.85. The summed E-state index contributed by atoms with van der Waals surface area (Å²) in [6.07, 6.45) is 0. The van der Waals surface area contributed by atoms with E-state index in [1.807, 2.05) is 66.7 Å². The van der Waals surface area contributed by atoms with Crippen LogP contribution in [0.2, 0.25) is 0 Å². The first-order chi connectivity index (χ1) is 18.2. The highest BCUT2D eigenvalue weighted by Gasteiger charge is 2.16. The van der Waals surface area contributed by atoms with Crippen LogP contribution in [-0.2, 0) is 0 Å². The molecule has 5 aromatic carbocycles. The minimum Gasteiger partial charge on any atom is -0.456 e. The summed E-state index contributed by atoms with van der Waals surface area (Å²) < 4.78 is 6.27. The highest BCUT2D eigenvalue weighted by atomic mass is 16.3. The molecule has 0 unspecified atom stereocenters. The lowest BCUT2D eigenvalue weighted by molar-refractivity contribution is 0.669. The van der Waals surface area contributed by atoms with Gasteiger partial charge in [0.05, 0.1) is 0 Å². The van der Waals surface area contributed by atoms with E-state index in [2.05, 4.69) is 59.6 Å². The Morgan fingerprint density at radius 1 is 0.622 bits per heavy atom. The fourth-order valence-electron chi connectivity index (χ4n) is 4.72. The normalized spacial score (nSPS) is 12.4. The van der Waals surface area contributed by atoms with Gasteiger partial charge >= 0.3 is 0 Å². The quantitative estimate of drug-likeness (QED) is 0.208. The van der Waals surface area contributed by atoms with Crippen LogP contribution in [0.4, 0.5) is 0 Å². The van der Waals surface area contributed by atoms with Crippen molar-refractivity contribution in [3.63, 3.8) is 0 Å². The molecule has 0 saturated carbocycles. The lowest BCUT2D eigenvalue weighted by atomic mass is 10.0. The smallest absolute Gasteiger partial charge is 0.157 e. The summed E-state index contributed by atoms with van der Waals surface area (Å²) in [5, 5.41) is 2.00. The minimum absolute atomic E-state index is 0.412. The van der Waals surface area contributed by atoms with Gasteiger partial charge in [-0.1, -0.05) is 97.1 Å². The van der Waals surface area contributed by atoms with Crippen molar-refractivity contribution in [2.75, 3.05) is 7.05 Å². The van der Waals surface area contributed by atoms with Crippen LogP contribution in [0, 0.1) is 0 Å². The topological polar surface area (TPSA) is 63.9 Å². The molecule has 0 saturated heterocycles. The molecule has 37 heavy (non-hydrogen) atoms. The summed E-state index contributed by atoms with van der Waals surface area (Å²) in [7, 11) is 1.74. The fraction of sp³-hybridized carbons (Fsp3) is 0.0303. The predicted octanol–water partition coefficient (Wildman–Crippen LogP) is 7.70. The molecule has 0 radical (unpaired) electrons. The molecule has 0 fully saturated rings. The Bertz CT molecular complexity index is 1780. The summed E-state index contributed by atoms with van der Waals surface area (Å²) in [5.41, 5.74) is 14.3. The van der Waals surface area contributed by atoms with Crippen molar-refractivity contribution in [1.29, 1.82) is 0 Å². The van der Waals surface area contributed by atoms with E-state index < -0.39 is 0 Å². The van der Waals surface area contributed by atoms with Gasteiger partial charge in [-0.15, -0.1) is 0 Å². The first-order valence-corrected chi connectivity index (χ1v) is 12.2. The molecule has 2 N–H and O–H groups in total. The van der Waals surface area contributed by atoms with Crippen molar-refractivity contribution in [2.45, 2.75) is 0 Å². The van der Waals surface area contributed by atoms with E-state index in [1.165, 1.54) is 0 Å². The molecule has 0 aliphatic rings. The van der Waals surface area contributed by atoms with Crippen LogP contribution in [0.3, 0.4) is 0 Å². The summed E-state index contributed by atoms with van der Waals surface area (Å²) in [5.74, 6) is 0.970. The molecule has 1 heterocycles. The van der Waals surface area contributed by atoms with Crippen LogP contribution in [-0.4, -0.2) is 18.7 Å². The number of hydrogen-bond acceptors (Lipinski definition) is 2. The number of furan rings is 1. The highest BCUT2D eigenvalue weighted by molar-refractivity contribution is 6.21. The molecule has 0 aliphatic carbocycles. The molecule has 4 heteroatoms. The van der Waals surface area contributed by atoms with Gasteiger partial charge in [0.2, 0.25) is 0 Å². The molecule has 0 atom stereocenters. The van der Waals surface area contributed by atoms with Crippen LogP contribution >= 0.6 is 0 Å². The van der Waals surface area contributed by atoms with Gasteiger partial charge in [0.1, 0.15) is 17.0 Å². The van der Waals surface area contributed by atoms with Gasteiger partial charge in [-0.05, 0) is 46.5 Å². The number of hydrogen-bond donors (Lipinski definition) is 1. The van der Waals surface area contributed by atoms with E-state index in [0.29, 0.717) is 11.7 Å². The Labute approximate surface area is 215 Å². The molecular weight excluding hydrogens is 454 g/mol. The van der Waals surface area contributed by atoms with Crippen molar-refractivity contribution >= 4 is 33.6 Å². The molecule has 0 spiro atoms. The Hall–Kier alpha value is -4.96. The number of aliphatic imine (C=N–C) groups is 2. The van der Waals surface area contributed by atoms with E-state index >= 15 is 0 Å². The lowest BCUT2D eigenvalue weighted by Crippen LogP contribution is -2.16. The molecule has 6 aromatic rings. The molecule has 0 amide bonds. The zero-order valence-electron chi connectivity index (χ0n) is 20.4. The van der Waals surface area contributed by atoms with E-state index in [-0.39, 0.29) is 0 Å². The third kappa shape index (κ3) is 4.30. The second-order valence-corrected chi connectivity index (χ2v) is 8.85. The van der Waals surface area contributed by atoms with Crippen LogP contribution in [0.5, 0.6) is 0 Å². The average molecular weight is 480 g/mol. The van der Waals surface area contributed by atoms with Crippen LogP contribution in [0.15, 0.2) is 136 Å². The van der Waals surface area contributed by atoms with Gasteiger partial charge in [0.25, 0.3) is 0 Å². The van der Waals surface area contributed by atoms with Crippen LogP contribution in [0.1, 0.15) is 11.1 Å². The van der Waals surface area contributed by atoms with Crippen molar-refractivity contribution < 1.29 is 4.42 Å². The van der Waals surface area contributed by atoms with Crippen molar-refractivity contribution in [3.05, 3.63) is 132 Å². The molecule has 6 rings (SSSR count). The number of rotatable bonds is 4. The highest BCUT2D eigenvalue weighted by Crippen LogP contribution is 2.34. The van der Waals surface area contributed by atoms with Gasteiger partial charge in [-0.3, -0.25) is 4.99 Å². The molecule has 4 nitrogen and oxygen atoms in total. The van der Waals surface area contributed by atoms with Crippen LogP contribution in [0.25, 0.3) is 44.2 Å². The summed E-state index contributed by atoms with van der Waals surface area (Å²) in [6, 6.07) is 40.9. The number of benzene rings is 5. The molecular formula is C33H25N3O. The Morgan fingerprint density at radius 2 is 1.27 bits per heavy atom. The fourth-order valence-corrected chi connectivity index (χ4v) is 4.72. The maximum absolute atomic E-state index is 6.52. The summed E-state index contributed by atoms with van der Waals surface area (Å²) >= 11 is 0. The molecule has 1 aromatic heterocycles. The van der Waals surface area contributed by atoms with Crippen molar-refractivity contribution in [2.24, 2.45) is 15.7 Å². The Balaban J connectivity index is 1.42. The maximum Gasteiger partial charge on any atom is 0.157 e. The van der Waals surface area contributed by atoms with Crippen molar-refractivity contribution in [3.8, 4) is 22.3 Å². The van der Waals surface area contributed by atoms with Gasteiger partial charge in [-0.25, -0.2) is 4.99 Å². The first-order valence-electron chi connectivity index (χ1n) is 12.2. The Morgan fingerprint density at radius 3 is 1.97 bits per heavy atom. The van der Waals surface area contributed by atoms with Gasteiger partial charge in [0, 0.05) is 28.9 Å². The number of nitrogens with two attached hydrogens (primary N) is 1. The van der Waals surface area contributed by atoms with Crippen LogP contribution < -0.4 is 5.73 Å². The monoisotopic (exact) mass is 479 g/mol. The Kier molecular flexibility index (Phi) is 5.83. The SMILES string of the molecule is CN=C(N=C(N)c1cccc(-c2ccccc2)c1)c1cccc2oc3cc(-c4ccccc4)ccc3c12. The van der Waals surface area contributed by atoms with E-state index in [4.69, 9.17) is 15.1 Å². The third-order valence-electron chi connectivity index (χ3n) is 6.55. The zero-order chi connectivity index (χ0) is 25.2.